The minimum absolute atomic E-state index is 0.568. The van der Waals surface area contributed by atoms with Crippen LogP contribution in [0.15, 0.2) is 224 Å². The standard InChI is InChI=1S/C57H37N5/c1-2-12-38(13-3-1)39-22-24-40(25-23-39)41-26-28-42(29-27-41)43-30-32-44(33-31-43)45-34-36-46(37-35-45)55-58-56(61-51-18-8-4-14-47(51)48-15-5-9-19-52(48)61)60-57(59-55)62-53-20-10-6-16-49(53)50-17-7-11-21-54(50)62/h1-37H. The molecule has 0 aliphatic heterocycles. The third kappa shape index (κ3) is 6.06. The zero-order chi connectivity index (χ0) is 41.0. The molecule has 0 spiro atoms. The predicted octanol–water partition coefficient (Wildman–Crippen LogP) is 14.4. The molecule has 0 saturated heterocycles. The highest BCUT2D eigenvalue weighted by molar-refractivity contribution is 6.10. The first kappa shape index (κ1) is 35.5. The maximum atomic E-state index is 5.28. The van der Waals surface area contributed by atoms with Crippen LogP contribution in [0.25, 0.3) is 111 Å². The van der Waals surface area contributed by atoms with E-state index in [1.807, 2.05) is 0 Å². The molecule has 0 amide bonds. The van der Waals surface area contributed by atoms with Gasteiger partial charge < -0.3 is 0 Å². The Labute approximate surface area is 358 Å². The lowest BCUT2D eigenvalue weighted by molar-refractivity contribution is 0.893. The third-order valence-electron chi connectivity index (χ3n) is 12.1. The SMILES string of the molecule is c1ccc(-c2ccc(-c3ccc(-c4ccc(-c5ccc(-c6nc(-n7c8ccccc8c8ccccc87)nc(-n7c8ccccc8c8ccccc87)n6)cc5)cc4)cc3)cc2)cc1. The molecule has 0 unspecified atom stereocenters. The van der Waals surface area contributed by atoms with Gasteiger partial charge in [-0.2, -0.15) is 15.0 Å². The molecule has 0 aliphatic carbocycles. The molecule has 12 aromatic rings. The molecular formula is C57H37N5. The third-order valence-corrected chi connectivity index (χ3v) is 12.1. The van der Waals surface area contributed by atoms with Gasteiger partial charge in [0.2, 0.25) is 11.9 Å². The second kappa shape index (κ2) is 14.7. The smallest absolute Gasteiger partial charge is 0.240 e. The van der Waals surface area contributed by atoms with Crippen molar-refractivity contribution < 1.29 is 0 Å². The Morgan fingerprint density at radius 2 is 0.452 bits per heavy atom. The maximum absolute atomic E-state index is 5.28. The van der Waals surface area contributed by atoms with Gasteiger partial charge in [-0.1, -0.05) is 200 Å². The van der Waals surface area contributed by atoms with E-state index in [2.05, 4.69) is 234 Å². The van der Waals surface area contributed by atoms with Crippen LogP contribution < -0.4 is 0 Å². The topological polar surface area (TPSA) is 48.5 Å². The average Bonchev–Trinajstić information content (AvgIpc) is 3.88. The normalized spacial score (nSPS) is 11.5. The number of hydrogen-bond donors (Lipinski definition) is 0. The predicted molar refractivity (Wildman–Crippen MR) is 256 cm³/mol. The van der Waals surface area contributed by atoms with Gasteiger partial charge in [-0.25, -0.2) is 0 Å². The Kier molecular flexibility index (Phi) is 8.42. The number of hydrogen-bond acceptors (Lipinski definition) is 3. The number of nitrogens with zero attached hydrogens (tertiary/aromatic N) is 5. The highest BCUT2D eigenvalue weighted by Crippen LogP contribution is 2.35. The van der Waals surface area contributed by atoms with E-state index in [1.54, 1.807) is 0 Å². The first-order chi connectivity index (χ1) is 30.7. The van der Waals surface area contributed by atoms with Crippen LogP contribution in [0.4, 0.5) is 0 Å². The average molecular weight is 792 g/mol. The van der Waals surface area contributed by atoms with Crippen molar-refractivity contribution in [2.75, 3.05) is 0 Å². The van der Waals surface area contributed by atoms with Gasteiger partial charge in [-0.05, 0) is 68.8 Å². The van der Waals surface area contributed by atoms with Crippen LogP contribution in [0.2, 0.25) is 0 Å². The van der Waals surface area contributed by atoms with Gasteiger partial charge >= 0.3 is 0 Å². The van der Waals surface area contributed by atoms with Crippen molar-refractivity contribution in [2.24, 2.45) is 0 Å². The molecule has 290 valence electrons. The number of benzene rings is 9. The summed E-state index contributed by atoms with van der Waals surface area (Å²) in [7, 11) is 0. The van der Waals surface area contributed by atoms with E-state index in [0.717, 1.165) is 60.3 Å². The summed E-state index contributed by atoms with van der Waals surface area (Å²) >= 11 is 0. The van der Waals surface area contributed by atoms with E-state index < -0.39 is 0 Å². The Balaban J connectivity index is 0.890. The fourth-order valence-corrected chi connectivity index (χ4v) is 8.97. The molecule has 0 fully saturated rings. The zero-order valence-corrected chi connectivity index (χ0v) is 33.6. The van der Waals surface area contributed by atoms with Gasteiger partial charge in [0.15, 0.2) is 5.82 Å². The second-order valence-electron chi connectivity index (χ2n) is 15.7. The first-order valence-electron chi connectivity index (χ1n) is 20.9. The van der Waals surface area contributed by atoms with Gasteiger partial charge in [0.25, 0.3) is 0 Å². The first-order valence-corrected chi connectivity index (χ1v) is 20.9. The number of aromatic nitrogens is 5. The van der Waals surface area contributed by atoms with Crippen molar-refractivity contribution in [3.8, 4) is 67.8 Å². The van der Waals surface area contributed by atoms with Crippen LogP contribution in [-0.2, 0) is 0 Å². The Morgan fingerprint density at radius 1 is 0.210 bits per heavy atom. The fraction of sp³-hybridized carbons (Fsp3) is 0. The van der Waals surface area contributed by atoms with Crippen LogP contribution in [0.3, 0.4) is 0 Å². The Bertz CT molecular complexity index is 3350. The van der Waals surface area contributed by atoms with Crippen LogP contribution in [0.5, 0.6) is 0 Å². The molecule has 5 heteroatoms. The molecule has 3 heterocycles. The molecule has 0 bridgehead atoms. The minimum Gasteiger partial charge on any atom is -0.278 e. The van der Waals surface area contributed by atoms with E-state index in [9.17, 15) is 0 Å². The summed E-state index contributed by atoms with van der Waals surface area (Å²) < 4.78 is 4.33. The molecule has 0 radical (unpaired) electrons. The van der Waals surface area contributed by atoms with Gasteiger partial charge in [0, 0.05) is 27.1 Å². The van der Waals surface area contributed by atoms with Crippen LogP contribution in [-0.4, -0.2) is 24.1 Å². The summed E-state index contributed by atoms with van der Waals surface area (Å²) in [6, 6.07) is 79.3. The monoisotopic (exact) mass is 791 g/mol. The lowest BCUT2D eigenvalue weighted by atomic mass is 9.97. The molecule has 62 heavy (non-hydrogen) atoms. The van der Waals surface area contributed by atoms with Crippen molar-refractivity contribution in [3.05, 3.63) is 224 Å². The quantitative estimate of drug-likeness (QED) is 0.162. The highest BCUT2D eigenvalue weighted by atomic mass is 15.3. The molecule has 0 N–H and O–H groups in total. The molecule has 0 saturated carbocycles. The molecule has 3 aromatic heterocycles. The molecule has 12 rings (SSSR count). The minimum atomic E-state index is 0.568. The van der Waals surface area contributed by atoms with Gasteiger partial charge in [0.05, 0.1) is 22.1 Å². The van der Waals surface area contributed by atoms with Crippen molar-refractivity contribution in [2.45, 2.75) is 0 Å². The van der Waals surface area contributed by atoms with Gasteiger partial charge in [-0.15, -0.1) is 0 Å². The summed E-state index contributed by atoms with van der Waals surface area (Å²) in [5.74, 6) is 1.74. The second-order valence-corrected chi connectivity index (χ2v) is 15.7. The van der Waals surface area contributed by atoms with Gasteiger partial charge in [0.1, 0.15) is 0 Å². The molecular weight excluding hydrogens is 755 g/mol. The Hall–Kier alpha value is -8.41. The number of fused-ring (bicyclic) bond motifs is 6. The number of para-hydroxylation sites is 4. The van der Waals surface area contributed by atoms with Gasteiger partial charge in [-0.3, -0.25) is 9.13 Å². The summed E-state index contributed by atoms with van der Waals surface area (Å²) in [5, 5.41) is 4.61. The largest absolute Gasteiger partial charge is 0.278 e. The number of rotatable bonds is 7. The van der Waals surface area contributed by atoms with Crippen molar-refractivity contribution in [3.63, 3.8) is 0 Å². The molecule has 0 atom stereocenters. The van der Waals surface area contributed by atoms with Crippen LogP contribution in [0, 0.1) is 0 Å². The fourth-order valence-electron chi connectivity index (χ4n) is 8.97. The lowest BCUT2D eigenvalue weighted by Crippen LogP contribution is -2.10. The lowest BCUT2D eigenvalue weighted by Gasteiger charge is -2.13. The van der Waals surface area contributed by atoms with Crippen molar-refractivity contribution in [1.29, 1.82) is 0 Å². The van der Waals surface area contributed by atoms with Crippen molar-refractivity contribution >= 4 is 43.6 Å². The highest BCUT2D eigenvalue weighted by Gasteiger charge is 2.20. The summed E-state index contributed by atoms with van der Waals surface area (Å²) in [6.45, 7) is 0. The molecule has 9 aromatic carbocycles. The van der Waals surface area contributed by atoms with E-state index in [1.165, 1.54) is 33.4 Å². The molecule has 5 nitrogen and oxygen atoms in total. The maximum Gasteiger partial charge on any atom is 0.240 e. The van der Waals surface area contributed by atoms with Crippen LogP contribution >= 0.6 is 0 Å². The summed E-state index contributed by atoms with van der Waals surface area (Å²) in [4.78, 5) is 15.7. The van der Waals surface area contributed by atoms with E-state index in [0.29, 0.717) is 17.7 Å². The van der Waals surface area contributed by atoms with E-state index in [4.69, 9.17) is 15.0 Å². The van der Waals surface area contributed by atoms with E-state index in [-0.39, 0.29) is 0 Å². The zero-order valence-electron chi connectivity index (χ0n) is 33.6. The molecule has 0 aliphatic rings. The van der Waals surface area contributed by atoms with E-state index >= 15 is 0 Å². The van der Waals surface area contributed by atoms with Crippen LogP contribution in [0.1, 0.15) is 0 Å². The van der Waals surface area contributed by atoms with Crippen molar-refractivity contribution in [1.82, 2.24) is 24.1 Å². The summed E-state index contributed by atoms with van der Waals surface area (Å²) in [5.41, 5.74) is 14.6. The summed E-state index contributed by atoms with van der Waals surface area (Å²) in [6.07, 6.45) is 0. The Morgan fingerprint density at radius 3 is 0.758 bits per heavy atom.